The third-order valence-corrected chi connectivity index (χ3v) is 4.04. The summed E-state index contributed by atoms with van der Waals surface area (Å²) in [5.41, 5.74) is 2.31. The minimum absolute atomic E-state index is 0.273. The van der Waals surface area contributed by atoms with Crippen molar-refractivity contribution < 1.29 is 0 Å². The first-order valence-electron chi connectivity index (χ1n) is 5.54. The van der Waals surface area contributed by atoms with Crippen molar-refractivity contribution in [2.45, 2.75) is 26.4 Å². The summed E-state index contributed by atoms with van der Waals surface area (Å²) in [6, 6.07) is 6.43. The van der Waals surface area contributed by atoms with Gasteiger partial charge in [-0.2, -0.15) is 0 Å². The van der Waals surface area contributed by atoms with Gasteiger partial charge in [0.1, 0.15) is 5.01 Å². The number of nitrogens with zero attached hydrogens (tertiary/aromatic N) is 1. The van der Waals surface area contributed by atoms with Gasteiger partial charge in [0, 0.05) is 23.1 Å². The Morgan fingerprint density at radius 2 is 2.29 bits per heavy atom. The van der Waals surface area contributed by atoms with Crippen LogP contribution in [0.4, 0.5) is 0 Å². The second-order valence-corrected chi connectivity index (χ2v) is 5.39. The molecule has 1 unspecified atom stereocenters. The molecule has 17 heavy (non-hydrogen) atoms. The molecule has 0 saturated heterocycles. The molecule has 0 saturated carbocycles. The van der Waals surface area contributed by atoms with Crippen LogP contribution in [-0.2, 0) is 6.54 Å². The van der Waals surface area contributed by atoms with E-state index >= 15 is 0 Å². The molecule has 0 spiro atoms. The highest BCUT2D eigenvalue weighted by atomic mass is 35.5. The van der Waals surface area contributed by atoms with Gasteiger partial charge in [-0.1, -0.05) is 23.7 Å². The van der Waals surface area contributed by atoms with Crippen LogP contribution in [-0.4, -0.2) is 4.98 Å². The number of nitrogens with one attached hydrogen (secondary N) is 1. The van der Waals surface area contributed by atoms with Gasteiger partial charge in [0.05, 0.1) is 6.04 Å². The van der Waals surface area contributed by atoms with E-state index < -0.39 is 0 Å². The lowest BCUT2D eigenvalue weighted by Crippen LogP contribution is -2.17. The minimum atomic E-state index is 0.273. The van der Waals surface area contributed by atoms with Crippen LogP contribution in [0.3, 0.4) is 0 Å². The van der Waals surface area contributed by atoms with Crippen LogP contribution < -0.4 is 5.32 Å². The summed E-state index contributed by atoms with van der Waals surface area (Å²) in [4.78, 5) is 4.29. The zero-order valence-electron chi connectivity index (χ0n) is 9.90. The maximum Gasteiger partial charge on any atom is 0.109 e. The third-order valence-electron chi connectivity index (χ3n) is 2.67. The lowest BCUT2D eigenvalue weighted by atomic mass is 10.1. The van der Waals surface area contributed by atoms with Crippen LogP contribution in [0, 0.1) is 6.92 Å². The monoisotopic (exact) mass is 266 g/mol. The number of benzene rings is 1. The number of aryl methyl sites for hydroxylation is 1. The number of rotatable bonds is 4. The van der Waals surface area contributed by atoms with Crippen molar-refractivity contribution in [3.8, 4) is 0 Å². The predicted molar refractivity (Wildman–Crippen MR) is 73.6 cm³/mol. The molecule has 0 aliphatic heterocycles. The summed E-state index contributed by atoms with van der Waals surface area (Å²) in [5.74, 6) is 0. The van der Waals surface area contributed by atoms with Gasteiger partial charge in [-0.25, -0.2) is 4.98 Å². The molecule has 0 amide bonds. The predicted octanol–water partition coefficient (Wildman–Crippen LogP) is 3.96. The average molecular weight is 267 g/mol. The maximum atomic E-state index is 6.09. The smallest absolute Gasteiger partial charge is 0.109 e. The molecule has 2 nitrogen and oxygen atoms in total. The molecular formula is C13H15ClN2S. The summed E-state index contributed by atoms with van der Waals surface area (Å²) < 4.78 is 0. The van der Waals surface area contributed by atoms with Crippen LogP contribution in [0.5, 0.6) is 0 Å². The first kappa shape index (κ1) is 12.6. The van der Waals surface area contributed by atoms with Crippen LogP contribution in [0.1, 0.15) is 29.1 Å². The average Bonchev–Trinajstić information content (AvgIpc) is 2.84. The third kappa shape index (κ3) is 3.28. The first-order valence-corrected chi connectivity index (χ1v) is 6.80. The zero-order valence-corrected chi connectivity index (χ0v) is 11.5. The van der Waals surface area contributed by atoms with Crippen molar-refractivity contribution in [3.05, 3.63) is 50.9 Å². The molecular weight excluding hydrogens is 252 g/mol. The Balaban J connectivity index is 1.96. The zero-order chi connectivity index (χ0) is 12.3. The molecule has 1 heterocycles. The van der Waals surface area contributed by atoms with E-state index in [1.165, 1.54) is 5.56 Å². The van der Waals surface area contributed by atoms with Gasteiger partial charge in [-0.05, 0) is 31.0 Å². The van der Waals surface area contributed by atoms with Crippen molar-refractivity contribution in [2.24, 2.45) is 0 Å². The Kier molecular flexibility index (Phi) is 4.15. The summed E-state index contributed by atoms with van der Waals surface area (Å²) in [6.45, 7) is 4.94. The van der Waals surface area contributed by atoms with Gasteiger partial charge in [-0.3, -0.25) is 0 Å². The summed E-state index contributed by atoms with van der Waals surface area (Å²) >= 11 is 7.76. The van der Waals surface area contributed by atoms with Crippen molar-refractivity contribution in [1.29, 1.82) is 0 Å². The molecule has 0 aliphatic carbocycles. The van der Waals surface area contributed by atoms with Gasteiger partial charge in [0.25, 0.3) is 0 Å². The highest BCUT2D eigenvalue weighted by molar-refractivity contribution is 7.09. The Bertz CT molecular complexity index is 482. The number of hydrogen-bond acceptors (Lipinski definition) is 3. The molecule has 0 radical (unpaired) electrons. The Morgan fingerprint density at radius 3 is 2.94 bits per heavy atom. The Labute approximate surface area is 111 Å². The quantitative estimate of drug-likeness (QED) is 0.906. The van der Waals surface area contributed by atoms with E-state index in [9.17, 15) is 0 Å². The Hall–Kier alpha value is -0.900. The van der Waals surface area contributed by atoms with Crippen molar-refractivity contribution in [3.63, 3.8) is 0 Å². The fourth-order valence-electron chi connectivity index (χ4n) is 1.55. The van der Waals surface area contributed by atoms with Crippen LogP contribution in [0.25, 0.3) is 0 Å². The van der Waals surface area contributed by atoms with Crippen LogP contribution >= 0.6 is 22.9 Å². The molecule has 4 heteroatoms. The molecule has 0 bridgehead atoms. The molecule has 1 atom stereocenters. The van der Waals surface area contributed by atoms with E-state index in [0.29, 0.717) is 0 Å². The number of halogens is 1. The topological polar surface area (TPSA) is 24.9 Å². The maximum absolute atomic E-state index is 6.09. The van der Waals surface area contributed by atoms with Crippen LogP contribution in [0.15, 0.2) is 29.8 Å². The summed E-state index contributed by atoms with van der Waals surface area (Å²) in [5, 5.41) is 7.37. The lowest BCUT2D eigenvalue weighted by Gasteiger charge is -2.11. The molecule has 1 N–H and O–H groups in total. The van der Waals surface area contributed by atoms with Gasteiger partial charge in [0.2, 0.25) is 0 Å². The van der Waals surface area contributed by atoms with E-state index in [-0.39, 0.29) is 6.04 Å². The Morgan fingerprint density at radius 1 is 1.47 bits per heavy atom. The number of hydrogen-bond donors (Lipinski definition) is 1. The molecule has 90 valence electrons. The normalized spacial score (nSPS) is 12.6. The molecule has 1 aromatic carbocycles. The van der Waals surface area contributed by atoms with Crippen molar-refractivity contribution in [1.82, 2.24) is 10.3 Å². The SMILES string of the molecule is Cc1ccc(CNC(C)c2nccs2)cc1Cl. The summed E-state index contributed by atoms with van der Waals surface area (Å²) in [6.07, 6.45) is 1.83. The molecule has 0 fully saturated rings. The molecule has 2 aromatic rings. The second kappa shape index (κ2) is 5.63. The van der Waals surface area contributed by atoms with E-state index in [2.05, 4.69) is 23.3 Å². The van der Waals surface area contributed by atoms with Crippen molar-refractivity contribution >= 4 is 22.9 Å². The van der Waals surface area contributed by atoms with E-state index in [1.54, 1.807) is 11.3 Å². The van der Waals surface area contributed by atoms with E-state index in [0.717, 1.165) is 22.1 Å². The molecule has 1 aromatic heterocycles. The number of thiazole rings is 1. The van der Waals surface area contributed by atoms with Crippen molar-refractivity contribution in [2.75, 3.05) is 0 Å². The molecule has 2 rings (SSSR count). The van der Waals surface area contributed by atoms with Gasteiger partial charge in [0.15, 0.2) is 0 Å². The fourth-order valence-corrected chi connectivity index (χ4v) is 2.43. The standard InChI is InChI=1S/C13H15ClN2S/c1-9-3-4-11(7-12(9)14)8-16-10(2)13-15-5-6-17-13/h3-7,10,16H,8H2,1-2H3. The van der Waals surface area contributed by atoms with Crippen LogP contribution in [0.2, 0.25) is 5.02 Å². The fraction of sp³-hybridized carbons (Fsp3) is 0.308. The minimum Gasteiger partial charge on any atom is -0.304 e. The van der Waals surface area contributed by atoms with Gasteiger partial charge in [-0.15, -0.1) is 11.3 Å². The second-order valence-electron chi connectivity index (χ2n) is 4.06. The van der Waals surface area contributed by atoms with Gasteiger partial charge < -0.3 is 5.32 Å². The highest BCUT2D eigenvalue weighted by Crippen LogP contribution is 2.18. The van der Waals surface area contributed by atoms with E-state index in [1.807, 2.05) is 30.6 Å². The van der Waals surface area contributed by atoms with Gasteiger partial charge >= 0.3 is 0 Å². The largest absolute Gasteiger partial charge is 0.304 e. The lowest BCUT2D eigenvalue weighted by molar-refractivity contribution is 0.572. The molecule has 0 aliphatic rings. The van der Waals surface area contributed by atoms with E-state index in [4.69, 9.17) is 11.6 Å². The highest BCUT2D eigenvalue weighted by Gasteiger charge is 2.07. The first-order chi connectivity index (χ1) is 8.16. The number of aromatic nitrogens is 1. The summed E-state index contributed by atoms with van der Waals surface area (Å²) in [7, 11) is 0.